The molecule has 0 bridgehead atoms. The van der Waals surface area contributed by atoms with Crippen LogP contribution in [0.15, 0.2) is 34.9 Å². The second-order valence-corrected chi connectivity index (χ2v) is 7.53. The van der Waals surface area contributed by atoms with Gasteiger partial charge in [0.25, 0.3) is 0 Å². The highest BCUT2D eigenvalue weighted by molar-refractivity contribution is 5.80. The molecule has 1 aromatic carbocycles. The van der Waals surface area contributed by atoms with Crippen molar-refractivity contribution in [2.45, 2.75) is 45.4 Å². The van der Waals surface area contributed by atoms with Crippen LogP contribution < -0.4 is 5.32 Å². The van der Waals surface area contributed by atoms with Crippen LogP contribution in [-0.4, -0.2) is 46.5 Å². The van der Waals surface area contributed by atoms with Crippen molar-refractivity contribution in [2.75, 3.05) is 19.6 Å². The molecule has 28 heavy (non-hydrogen) atoms. The molecule has 1 N–H and O–H groups in total. The summed E-state index contributed by atoms with van der Waals surface area (Å²) in [4.78, 5) is 30.9. The Morgan fingerprint density at radius 1 is 1.21 bits per heavy atom. The molecule has 3 rings (SSSR count). The zero-order valence-electron chi connectivity index (χ0n) is 16.6. The summed E-state index contributed by atoms with van der Waals surface area (Å²) in [5.41, 5.74) is 0.913. The lowest BCUT2D eigenvalue weighted by Crippen LogP contribution is -2.38. The van der Waals surface area contributed by atoms with Crippen LogP contribution in [0.5, 0.6) is 0 Å². The third-order valence-corrected chi connectivity index (χ3v) is 5.03. The van der Waals surface area contributed by atoms with Crippen LogP contribution in [-0.2, 0) is 9.59 Å². The normalized spacial score (nSPS) is 19.2. The SMILES string of the molecule is CC(C)C(=O)N1CCCC(c2nc(-c3ccccc3)no2)CCNC(=O)CC1. The molecule has 1 aliphatic rings. The Kier molecular flexibility index (Phi) is 6.79. The maximum Gasteiger partial charge on any atom is 0.230 e. The van der Waals surface area contributed by atoms with Gasteiger partial charge in [0, 0.05) is 43.5 Å². The van der Waals surface area contributed by atoms with E-state index in [9.17, 15) is 9.59 Å². The van der Waals surface area contributed by atoms with Gasteiger partial charge >= 0.3 is 0 Å². The van der Waals surface area contributed by atoms with Crippen molar-refractivity contribution in [1.82, 2.24) is 20.4 Å². The standard InChI is InChI=1S/C21H28N4O3/c1-15(2)21(27)25-13-6-9-17(10-12-22-18(26)11-14-25)20-23-19(24-28-20)16-7-4-3-5-8-16/h3-5,7-8,15,17H,6,9-14H2,1-2H3,(H,22,26). The molecular weight excluding hydrogens is 356 g/mol. The summed E-state index contributed by atoms with van der Waals surface area (Å²) in [5.74, 6) is 1.21. The molecule has 150 valence electrons. The maximum absolute atomic E-state index is 12.4. The van der Waals surface area contributed by atoms with Gasteiger partial charge in [0.05, 0.1) is 0 Å². The number of carbonyl (C=O) groups is 2. The van der Waals surface area contributed by atoms with Gasteiger partial charge in [-0.25, -0.2) is 0 Å². The van der Waals surface area contributed by atoms with Gasteiger partial charge in [0.1, 0.15) is 0 Å². The van der Waals surface area contributed by atoms with E-state index in [2.05, 4.69) is 15.5 Å². The van der Waals surface area contributed by atoms with Crippen molar-refractivity contribution in [2.24, 2.45) is 5.92 Å². The minimum atomic E-state index is -0.0756. The number of hydrogen-bond donors (Lipinski definition) is 1. The Hall–Kier alpha value is -2.70. The Morgan fingerprint density at radius 2 is 2.00 bits per heavy atom. The lowest BCUT2D eigenvalue weighted by molar-refractivity contribution is -0.135. The van der Waals surface area contributed by atoms with E-state index in [0.29, 0.717) is 37.8 Å². The minimum Gasteiger partial charge on any atom is -0.356 e. The first-order valence-electron chi connectivity index (χ1n) is 9.99. The van der Waals surface area contributed by atoms with Crippen molar-refractivity contribution in [3.8, 4) is 11.4 Å². The van der Waals surface area contributed by atoms with E-state index in [1.807, 2.05) is 44.2 Å². The largest absolute Gasteiger partial charge is 0.356 e. The predicted molar refractivity (Wildman–Crippen MR) is 105 cm³/mol. The molecule has 0 aliphatic carbocycles. The van der Waals surface area contributed by atoms with Gasteiger partial charge in [-0.05, 0) is 19.3 Å². The molecule has 2 heterocycles. The van der Waals surface area contributed by atoms with Crippen molar-refractivity contribution in [3.63, 3.8) is 0 Å². The van der Waals surface area contributed by atoms with Gasteiger partial charge in [-0.2, -0.15) is 4.98 Å². The average Bonchev–Trinajstić information content (AvgIpc) is 3.17. The number of aromatic nitrogens is 2. The Labute approximate surface area is 165 Å². The van der Waals surface area contributed by atoms with E-state index in [1.165, 1.54) is 0 Å². The third-order valence-electron chi connectivity index (χ3n) is 5.03. The minimum absolute atomic E-state index is 0.0299. The van der Waals surface area contributed by atoms with Gasteiger partial charge in [0.2, 0.25) is 23.5 Å². The molecule has 7 heteroatoms. The highest BCUT2D eigenvalue weighted by Crippen LogP contribution is 2.26. The molecule has 1 unspecified atom stereocenters. The second kappa shape index (κ2) is 9.48. The summed E-state index contributed by atoms with van der Waals surface area (Å²) < 4.78 is 5.54. The molecule has 1 fully saturated rings. The molecular formula is C21H28N4O3. The van der Waals surface area contributed by atoms with Gasteiger partial charge in [0.15, 0.2) is 0 Å². The molecule has 1 atom stereocenters. The fraction of sp³-hybridized carbons (Fsp3) is 0.524. The highest BCUT2D eigenvalue weighted by atomic mass is 16.5. The fourth-order valence-electron chi connectivity index (χ4n) is 3.43. The number of hydrogen-bond acceptors (Lipinski definition) is 5. The van der Waals surface area contributed by atoms with E-state index in [-0.39, 0.29) is 23.7 Å². The summed E-state index contributed by atoms with van der Waals surface area (Å²) in [6, 6.07) is 9.72. The topological polar surface area (TPSA) is 88.3 Å². The number of amides is 2. The van der Waals surface area contributed by atoms with Crippen molar-refractivity contribution in [3.05, 3.63) is 36.2 Å². The molecule has 7 nitrogen and oxygen atoms in total. The number of nitrogens with one attached hydrogen (secondary N) is 1. The number of nitrogens with zero attached hydrogens (tertiary/aromatic N) is 3. The highest BCUT2D eigenvalue weighted by Gasteiger charge is 2.23. The van der Waals surface area contributed by atoms with Crippen molar-refractivity contribution >= 4 is 11.8 Å². The second-order valence-electron chi connectivity index (χ2n) is 7.53. The van der Waals surface area contributed by atoms with Crippen molar-refractivity contribution < 1.29 is 14.1 Å². The smallest absolute Gasteiger partial charge is 0.230 e. The van der Waals surface area contributed by atoms with Gasteiger partial charge in [-0.15, -0.1) is 0 Å². The molecule has 2 aromatic rings. The number of benzene rings is 1. The molecule has 2 amide bonds. The summed E-state index contributed by atoms with van der Waals surface area (Å²) >= 11 is 0. The summed E-state index contributed by atoms with van der Waals surface area (Å²) in [6.07, 6.45) is 2.73. The first-order chi connectivity index (χ1) is 13.5. The van der Waals surface area contributed by atoms with Crippen LogP contribution in [0.3, 0.4) is 0 Å². The Balaban J connectivity index is 1.72. The average molecular weight is 384 g/mol. The van der Waals surface area contributed by atoms with Crippen LogP contribution in [0.2, 0.25) is 0 Å². The summed E-state index contributed by atoms with van der Waals surface area (Å²) in [6.45, 7) is 5.44. The van der Waals surface area contributed by atoms with E-state index in [0.717, 1.165) is 24.8 Å². The van der Waals surface area contributed by atoms with Crippen LogP contribution in [0.25, 0.3) is 11.4 Å². The first-order valence-corrected chi connectivity index (χ1v) is 9.99. The molecule has 0 radical (unpaired) electrons. The lowest BCUT2D eigenvalue weighted by Gasteiger charge is -2.24. The molecule has 1 aliphatic heterocycles. The predicted octanol–water partition coefficient (Wildman–Crippen LogP) is 3.00. The Bertz CT molecular complexity index is 788. The van der Waals surface area contributed by atoms with Gasteiger partial charge < -0.3 is 14.7 Å². The monoisotopic (exact) mass is 384 g/mol. The first kappa shape index (κ1) is 20.0. The summed E-state index contributed by atoms with van der Waals surface area (Å²) in [7, 11) is 0. The molecule has 0 saturated carbocycles. The number of carbonyl (C=O) groups excluding carboxylic acids is 2. The summed E-state index contributed by atoms with van der Waals surface area (Å²) in [5, 5.41) is 7.06. The Morgan fingerprint density at radius 3 is 2.75 bits per heavy atom. The number of rotatable bonds is 3. The van der Waals surface area contributed by atoms with E-state index in [1.54, 1.807) is 4.90 Å². The molecule has 1 aromatic heterocycles. The van der Waals surface area contributed by atoms with Gasteiger partial charge in [-0.1, -0.05) is 49.3 Å². The van der Waals surface area contributed by atoms with Crippen LogP contribution in [0.1, 0.15) is 51.3 Å². The van der Waals surface area contributed by atoms with E-state index < -0.39 is 0 Å². The van der Waals surface area contributed by atoms with E-state index in [4.69, 9.17) is 4.52 Å². The quantitative estimate of drug-likeness (QED) is 0.879. The molecule has 1 saturated heterocycles. The van der Waals surface area contributed by atoms with Gasteiger partial charge in [-0.3, -0.25) is 9.59 Å². The fourth-order valence-corrected chi connectivity index (χ4v) is 3.43. The van der Waals surface area contributed by atoms with Crippen molar-refractivity contribution in [1.29, 1.82) is 0 Å². The molecule has 0 spiro atoms. The van der Waals surface area contributed by atoms with Crippen LogP contribution >= 0.6 is 0 Å². The zero-order valence-corrected chi connectivity index (χ0v) is 16.6. The van der Waals surface area contributed by atoms with Crippen LogP contribution in [0, 0.1) is 5.92 Å². The van der Waals surface area contributed by atoms with E-state index >= 15 is 0 Å². The lowest BCUT2D eigenvalue weighted by atomic mass is 9.99. The zero-order chi connectivity index (χ0) is 19.9. The maximum atomic E-state index is 12.4. The van der Waals surface area contributed by atoms with Crippen LogP contribution in [0.4, 0.5) is 0 Å². The third kappa shape index (κ3) is 5.18.